The molecule has 2 fully saturated rings. The van der Waals surface area contributed by atoms with Gasteiger partial charge < -0.3 is 39.3 Å². The van der Waals surface area contributed by atoms with Crippen LogP contribution in [-0.2, 0) is 32.6 Å². The summed E-state index contributed by atoms with van der Waals surface area (Å²) >= 11 is 0. The predicted octanol–water partition coefficient (Wildman–Crippen LogP) is 9.54. The number of rotatable bonds is 31. The number of phosphoric ester groups is 1. The van der Waals surface area contributed by atoms with Crippen molar-refractivity contribution >= 4 is 20.0 Å². The van der Waals surface area contributed by atoms with Gasteiger partial charge in [0.1, 0.15) is 54.7 Å². The number of benzene rings is 1. The molecular formula is C45H68FN6O9P. The van der Waals surface area contributed by atoms with E-state index in [-0.39, 0.29) is 37.0 Å². The van der Waals surface area contributed by atoms with Crippen LogP contribution in [0.4, 0.5) is 4.39 Å². The Morgan fingerprint density at radius 1 is 0.984 bits per heavy atom. The number of aromatic nitrogens is 1. The summed E-state index contributed by atoms with van der Waals surface area (Å²) < 4.78 is 68.5. The Hall–Kier alpha value is -3.70. The zero-order valence-corrected chi connectivity index (χ0v) is 37.8. The average Bonchev–Trinajstić information content (AvgIpc) is 3.93. The third-order valence-electron chi connectivity index (χ3n) is 11.2. The van der Waals surface area contributed by atoms with E-state index in [1.54, 1.807) is 26.0 Å². The lowest BCUT2D eigenvalue weighted by atomic mass is 9.96. The number of aliphatic imine (C=N–C) groups is 1. The van der Waals surface area contributed by atoms with Crippen LogP contribution in [0.2, 0.25) is 0 Å². The Bertz CT molecular complexity index is 1850. The minimum absolute atomic E-state index is 0.0601. The van der Waals surface area contributed by atoms with Gasteiger partial charge in [0.2, 0.25) is 5.60 Å². The normalized spacial score (nSPS) is 22.6. The Morgan fingerprint density at radius 2 is 1.66 bits per heavy atom. The third kappa shape index (κ3) is 16.5. The molecule has 0 bridgehead atoms. The van der Waals surface area contributed by atoms with E-state index >= 15 is 0 Å². The maximum Gasteiger partial charge on any atom is 0.472 e. The maximum absolute atomic E-state index is 14.1. The van der Waals surface area contributed by atoms with E-state index in [4.69, 9.17) is 43.9 Å². The number of nitriles is 2. The van der Waals surface area contributed by atoms with Crippen LogP contribution in [0.15, 0.2) is 35.3 Å². The molecule has 1 aromatic heterocycles. The molecule has 0 amide bonds. The molecule has 15 nitrogen and oxygen atoms in total. The second-order valence-electron chi connectivity index (χ2n) is 17.0. The van der Waals surface area contributed by atoms with Gasteiger partial charge in [0, 0.05) is 24.3 Å². The van der Waals surface area contributed by atoms with Crippen LogP contribution in [0.25, 0.3) is 0 Å². The lowest BCUT2D eigenvalue weighted by molar-refractivity contribution is -0.204. The molecule has 344 valence electrons. The van der Waals surface area contributed by atoms with Gasteiger partial charge in [-0.25, -0.2) is 13.9 Å². The Balaban J connectivity index is 1.24. The minimum Gasteiger partial charge on any atom is -0.493 e. The lowest BCUT2D eigenvalue weighted by Crippen LogP contribution is -2.45. The number of halogens is 1. The highest BCUT2D eigenvalue weighted by atomic mass is 31.2. The van der Waals surface area contributed by atoms with Gasteiger partial charge in [0.15, 0.2) is 5.79 Å². The topological polar surface area (TPSA) is 228 Å². The van der Waals surface area contributed by atoms with Gasteiger partial charge in [-0.3, -0.25) is 14.5 Å². The number of amidine groups is 1. The molecule has 3 heterocycles. The predicted molar refractivity (Wildman–Crippen MR) is 233 cm³/mol. The van der Waals surface area contributed by atoms with Crippen LogP contribution < -0.4 is 10.5 Å². The van der Waals surface area contributed by atoms with Crippen molar-refractivity contribution in [2.24, 2.45) is 22.6 Å². The first kappa shape index (κ1) is 50.9. The summed E-state index contributed by atoms with van der Waals surface area (Å²) in [6.45, 7) is 7.42. The van der Waals surface area contributed by atoms with Gasteiger partial charge >= 0.3 is 7.82 Å². The number of nitrogens with zero attached hydrogens (tertiary/aromatic N) is 3. The molecule has 17 heteroatoms. The van der Waals surface area contributed by atoms with Gasteiger partial charge in [-0.05, 0) is 50.5 Å². The van der Waals surface area contributed by atoms with Crippen molar-refractivity contribution in [1.82, 2.24) is 4.98 Å². The van der Waals surface area contributed by atoms with Gasteiger partial charge in [0.25, 0.3) is 0 Å². The van der Waals surface area contributed by atoms with Crippen LogP contribution in [0.5, 0.6) is 5.75 Å². The molecule has 0 aliphatic carbocycles. The number of unbranched alkanes of at least 4 members (excludes halogenated alkanes) is 11. The summed E-state index contributed by atoms with van der Waals surface area (Å²) in [4.78, 5) is 17.7. The van der Waals surface area contributed by atoms with Gasteiger partial charge in [0.05, 0.1) is 37.1 Å². The van der Waals surface area contributed by atoms with E-state index in [1.807, 2.05) is 6.07 Å². The number of hydrogen-bond acceptors (Lipinski definition) is 11. The van der Waals surface area contributed by atoms with Crippen molar-refractivity contribution in [3.63, 3.8) is 0 Å². The van der Waals surface area contributed by atoms with Crippen molar-refractivity contribution in [2.45, 2.75) is 154 Å². The molecule has 7 atom stereocenters. The quantitative estimate of drug-likeness (QED) is 0.0240. The van der Waals surface area contributed by atoms with E-state index in [2.05, 4.69) is 29.9 Å². The van der Waals surface area contributed by atoms with E-state index in [0.29, 0.717) is 18.0 Å². The van der Waals surface area contributed by atoms with Crippen LogP contribution in [0, 0.1) is 45.7 Å². The number of aromatic amines is 1. The summed E-state index contributed by atoms with van der Waals surface area (Å²) in [5, 5.41) is 26.9. The molecule has 5 N–H and O–H groups in total. The Kier molecular flexibility index (Phi) is 21.0. The second kappa shape index (κ2) is 25.6. The van der Waals surface area contributed by atoms with Crippen molar-refractivity contribution in [1.29, 1.82) is 15.9 Å². The zero-order chi connectivity index (χ0) is 45.0. The smallest absolute Gasteiger partial charge is 0.472 e. The lowest BCUT2D eigenvalue weighted by Gasteiger charge is -2.29. The molecule has 0 saturated carbocycles. The highest BCUT2D eigenvalue weighted by Gasteiger charge is 2.64. The first-order valence-corrected chi connectivity index (χ1v) is 23.7. The fourth-order valence-electron chi connectivity index (χ4n) is 7.81. The summed E-state index contributed by atoms with van der Waals surface area (Å²) in [5.74, 6) is -1.34. The first-order chi connectivity index (χ1) is 29.7. The number of phosphoric acid groups is 1. The van der Waals surface area contributed by atoms with E-state index in [9.17, 15) is 24.4 Å². The van der Waals surface area contributed by atoms with E-state index < -0.39 is 55.9 Å². The van der Waals surface area contributed by atoms with Crippen LogP contribution in [0.3, 0.4) is 0 Å². The molecule has 62 heavy (non-hydrogen) atoms. The van der Waals surface area contributed by atoms with Crippen LogP contribution in [0.1, 0.15) is 147 Å². The van der Waals surface area contributed by atoms with E-state index in [0.717, 1.165) is 43.7 Å². The van der Waals surface area contributed by atoms with Crippen molar-refractivity contribution in [3.05, 3.63) is 53.1 Å². The van der Waals surface area contributed by atoms with Crippen LogP contribution in [-0.4, -0.2) is 78.7 Å². The highest BCUT2D eigenvalue weighted by Crippen LogP contribution is 2.52. The zero-order valence-electron chi connectivity index (χ0n) is 37.0. The van der Waals surface area contributed by atoms with Crippen molar-refractivity contribution in [2.75, 3.05) is 33.0 Å². The number of nitrogens with one attached hydrogen (secondary N) is 2. The number of fused-ring (bicyclic) bond motifs is 1. The summed E-state index contributed by atoms with van der Waals surface area (Å²) in [5.41, 5.74) is 5.00. The molecule has 1 aromatic carbocycles. The number of H-pyrrole nitrogens is 1. The molecule has 4 rings (SSSR count). The van der Waals surface area contributed by atoms with Gasteiger partial charge in [-0.1, -0.05) is 104 Å². The minimum atomic E-state index is -4.83. The third-order valence-corrected chi connectivity index (χ3v) is 12.1. The highest BCUT2D eigenvalue weighted by molar-refractivity contribution is 7.47. The monoisotopic (exact) mass is 886 g/mol. The largest absolute Gasteiger partial charge is 0.493 e. The van der Waals surface area contributed by atoms with Gasteiger partial charge in [-0.2, -0.15) is 10.5 Å². The van der Waals surface area contributed by atoms with Crippen molar-refractivity contribution < 1.29 is 46.6 Å². The molecule has 3 unspecified atom stereocenters. The molecule has 0 spiro atoms. The molecular weight excluding hydrogens is 818 g/mol. The summed E-state index contributed by atoms with van der Waals surface area (Å²) in [6.07, 6.45) is 16.7. The summed E-state index contributed by atoms with van der Waals surface area (Å²) in [6, 6.07) is 10.9. The SMILES string of the molecule is CCCCCC(C)CCCCCCCCCCCCOCC(COc1cc(F)cc(C#N)c1)COP(=O)(O)OC[C@@]1(C#N)O[C@@H](c2ccc(C(N)=NC=N)[nH]2)[C@@H]2OC(C)(C)O[C@@H]21. The average molecular weight is 887 g/mol. The van der Waals surface area contributed by atoms with Crippen LogP contribution >= 0.6 is 7.82 Å². The second-order valence-corrected chi connectivity index (χ2v) is 18.5. The number of nitrogens with two attached hydrogens (primary N) is 1. The molecule has 2 aromatic rings. The van der Waals surface area contributed by atoms with E-state index in [1.165, 1.54) is 83.1 Å². The van der Waals surface area contributed by atoms with Crippen molar-refractivity contribution in [3.8, 4) is 17.9 Å². The Morgan fingerprint density at radius 3 is 2.32 bits per heavy atom. The fourth-order valence-corrected chi connectivity index (χ4v) is 8.64. The number of hydrogen-bond donors (Lipinski definition) is 4. The standard InChI is InChI=1S/C45H68FN6O9P/c1-5-6-15-18-33(2)19-16-13-11-9-7-8-10-12-14-17-22-55-27-35(28-56-37-24-34(26-47)23-36(46)25-37)29-57-62(53,54)58-31-45(30-48)42-41(59-44(3,4)61-42)40(60-45)38-20-21-39(52-38)43(50)51-32-49/h20-21,23-25,32-33,35,40-42,52H,5-19,22,27-29,31H2,1-4H3,(H,53,54)(H3,49,50,51)/t33?,35?,40-,41-,42-,45+/m0/s1. The molecule has 2 aliphatic rings. The maximum atomic E-state index is 14.1. The number of ether oxygens (including phenoxy) is 5. The fraction of sp³-hybridized carbons (Fsp3) is 0.689. The van der Waals surface area contributed by atoms with Gasteiger partial charge in [-0.15, -0.1) is 0 Å². The molecule has 2 aliphatic heterocycles. The Labute approximate surface area is 366 Å². The molecule has 0 radical (unpaired) electrons. The molecule has 2 saturated heterocycles. The first-order valence-electron chi connectivity index (χ1n) is 22.2. The summed E-state index contributed by atoms with van der Waals surface area (Å²) in [7, 11) is -4.83.